The summed E-state index contributed by atoms with van der Waals surface area (Å²) in [7, 11) is 0. The zero-order chi connectivity index (χ0) is 15.4. The number of aromatic nitrogens is 3. The van der Waals surface area contributed by atoms with Gasteiger partial charge in [-0.25, -0.2) is 9.48 Å². The molecule has 1 aromatic carbocycles. The lowest BCUT2D eigenvalue weighted by molar-refractivity contribution is 0.0518. The van der Waals surface area contributed by atoms with E-state index >= 15 is 0 Å². The molecule has 21 heavy (non-hydrogen) atoms. The number of nitrogens with zero attached hydrogens (tertiary/aromatic N) is 3. The fourth-order valence-electron chi connectivity index (χ4n) is 1.86. The first-order valence-electron chi connectivity index (χ1n) is 6.60. The van der Waals surface area contributed by atoms with Crippen molar-refractivity contribution in [1.82, 2.24) is 15.0 Å². The standard InChI is InChI=1S/C14H16ClN3O3/c1-4-20-12-7-6-10(8-11(12)15)18-9(3)13(16-17-18)14(19)21-5-2/h6-8H,4-5H2,1-3H3. The van der Waals surface area contributed by atoms with Gasteiger partial charge < -0.3 is 9.47 Å². The van der Waals surface area contributed by atoms with Crippen LogP contribution in [0.2, 0.25) is 5.02 Å². The molecule has 0 N–H and O–H groups in total. The summed E-state index contributed by atoms with van der Waals surface area (Å²) >= 11 is 6.15. The van der Waals surface area contributed by atoms with Gasteiger partial charge in [-0.15, -0.1) is 5.10 Å². The van der Waals surface area contributed by atoms with Gasteiger partial charge in [0.05, 0.1) is 29.6 Å². The highest BCUT2D eigenvalue weighted by Gasteiger charge is 2.18. The minimum atomic E-state index is -0.488. The lowest BCUT2D eigenvalue weighted by atomic mass is 10.2. The van der Waals surface area contributed by atoms with Crippen LogP contribution in [-0.2, 0) is 4.74 Å². The molecule has 0 atom stereocenters. The van der Waals surface area contributed by atoms with Crippen LogP contribution in [0.15, 0.2) is 18.2 Å². The van der Waals surface area contributed by atoms with E-state index in [4.69, 9.17) is 21.1 Å². The summed E-state index contributed by atoms with van der Waals surface area (Å²) < 4.78 is 11.8. The number of carbonyl (C=O) groups excluding carboxylic acids is 1. The molecule has 0 radical (unpaired) electrons. The van der Waals surface area contributed by atoms with E-state index in [1.54, 1.807) is 32.0 Å². The van der Waals surface area contributed by atoms with Crippen LogP contribution in [-0.4, -0.2) is 34.2 Å². The Morgan fingerprint density at radius 1 is 1.33 bits per heavy atom. The summed E-state index contributed by atoms with van der Waals surface area (Å²) in [6, 6.07) is 5.27. The number of carbonyl (C=O) groups is 1. The number of halogens is 1. The van der Waals surface area contributed by atoms with Crippen LogP contribution in [0, 0.1) is 6.92 Å². The van der Waals surface area contributed by atoms with Crippen LogP contribution < -0.4 is 4.74 Å². The van der Waals surface area contributed by atoms with Gasteiger partial charge in [-0.3, -0.25) is 0 Å². The second-order valence-corrected chi connectivity index (χ2v) is 4.61. The summed E-state index contributed by atoms with van der Waals surface area (Å²) in [5.41, 5.74) is 1.49. The summed E-state index contributed by atoms with van der Waals surface area (Å²) in [4.78, 5) is 11.7. The van der Waals surface area contributed by atoms with Gasteiger partial charge in [-0.2, -0.15) is 0 Å². The maximum absolute atomic E-state index is 11.7. The van der Waals surface area contributed by atoms with Crippen molar-refractivity contribution in [2.45, 2.75) is 20.8 Å². The van der Waals surface area contributed by atoms with Gasteiger partial charge in [0.1, 0.15) is 5.75 Å². The van der Waals surface area contributed by atoms with Crippen molar-refractivity contribution in [2.24, 2.45) is 0 Å². The van der Waals surface area contributed by atoms with Crippen molar-refractivity contribution in [3.8, 4) is 11.4 Å². The summed E-state index contributed by atoms with van der Waals surface area (Å²) in [5, 5.41) is 8.31. The van der Waals surface area contributed by atoms with Crippen LogP contribution in [0.1, 0.15) is 30.0 Å². The Bertz CT molecular complexity index is 655. The number of hydrogen-bond acceptors (Lipinski definition) is 5. The van der Waals surface area contributed by atoms with Crippen molar-refractivity contribution >= 4 is 17.6 Å². The minimum absolute atomic E-state index is 0.196. The topological polar surface area (TPSA) is 66.2 Å². The fraction of sp³-hybridized carbons (Fsp3) is 0.357. The highest BCUT2D eigenvalue weighted by atomic mass is 35.5. The van der Waals surface area contributed by atoms with Crippen LogP contribution in [0.25, 0.3) is 5.69 Å². The largest absolute Gasteiger partial charge is 0.492 e. The molecule has 1 aromatic heterocycles. The third-order valence-corrected chi connectivity index (χ3v) is 3.12. The molecule has 2 rings (SSSR count). The first-order valence-corrected chi connectivity index (χ1v) is 6.98. The van der Waals surface area contributed by atoms with E-state index in [1.165, 1.54) is 4.68 Å². The summed E-state index contributed by atoms with van der Waals surface area (Å²) in [6.45, 7) is 6.20. The van der Waals surface area contributed by atoms with E-state index in [-0.39, 0.29) is 5.69 Å². The second-order valence-electron chi connectivity index (χ2n) is 4.20. The van der Waals surface area contributed by atoms with Crippen LogP contribution in [0.5, 0.6) is 5.75 Å². The maximum atomic E-state index is 11.7. The number of ether oxygens (including phenoxy) is 2. The molecule has 0 aliphatic carbocycles. The first kappa shape index (κ1) is 15.3. The Morgan fingerprint density at radius 3 is 2.71 bits per heavy atom. The lowest BCUT2D eigenvalue weighted by Gasteiger charge is -2.08. The van der Waals surface area contributed by atoms with Gasteiger partial charge in [-0.05, 0) is 39.0 Å². The van der Waals surface area contributed by atoms with Crippen LogP contribution >= 0.6 is 11.6 Å². The molecule has 7 heteroatoms. The maximum Gasteiger partial charge on any atom is 0.360 e. The van der Waals surface area contributed by atoms with Gasteiger partial charge in [-0.1, -0.05) is 16.8 Å². The monoisotopic (exact) mass is 309 g/mol. The Kier molecular flexibility index (Phi) is 4.80. The van der Waals surface area contributed by atoms with E-state index in [1.807, 2.05) is 6.92 Å². The average molecular weight is 310 g/mol. The fourth-order valence-corrected chi connectivity index (χ4v) is 2.09. The number of benzene rings is 1. The molecule has 0 fully saturated rings. The van der Waals surface area contributed by atoms with Crippen molar-refractivity contribution in [2.75, 3.05) is 13.2 Å². The predicted molar refractivity (Wildman–Crippen MR) is 78.2 cm³/mol. The molecule has 1 heterocycles. The van der Waals surface area contributed by atoms with Crippen molar-refractivity contribution in [1.29, 1.82) is 0 Å². The quantitative estimate of drug-likeness (QED) is 0.795. The Morgan fingerprint density at radius 2 is 2.10 bits per heavy atom. The van der Waals surface area contributed by atoms with E-state index in [0.717, 1.165) is 0 Å². The zero-order valence-electron chi connectivity index (χ0n) is 12.1. The molecule has 0 aliphatic rings. The van der Waals surface area contributed by atoms with Gasteiger partial charge in [0.25, 0.3) is 0 Å². The number of hydrogen-bond donors (Lipinski definition) is 0. The molecule has 0 spiro atoms. The molecule has 0 saturated heterocycles. The van der Waals surface area contributed by atoms with E-state index in [2.05, 4.69) is 10.3 Å². The lowest BCUT2D eigenvalue weighted by Crippen LogP contribution is -2.07. The van der Waals surface area contributed by atoms with Crippen molar-refractivity contribution in [3.05, 3.63) is 34.6 Å². The highest BCUT2D eigenvalue weighted by molar-refractivity contribution is 6.32. The molecular formula is C14H16ClN3O3. The average Bonchev–Trinajstić information content (AvgIpc) is 2.83. The SMILES string of the molecule is CCOC(=O)c1nnn(-c2ccc(OCC)c(Cl)c2)c1C. The van der Waals surface area contributed by atoms with E-state index in [9.17, 15) is 4.79 Å². The van der Waals surface area contributed by atoms with Crippen molar-refractivity contribution in [3.63, 3.8) is 0 Å². The molecule has 0 bridgehead atoms. The van der Waals surface area contributed by atoms with Gasteiger partial charge >= 0.3 is 5.97 Å². The smallest absolute Gasteiger partial charge is 0.360 e. The molecular weight excluding hydrogens is 294 g/mol. The normalized spacial score (nSPS) is 10.5. The number of rotatable bonds is 5. The predicted octanol–water partition coefficient (Wildman–Crippen LogP) is 2.80. The van der Waals surface area contributed by atoms with Crippen LogP contribution in [0.3, 0.4) is 0 Å². The van der Waals surface area contributed by atoms with Crippen molar-refractivity contribution < 1.29 is 14.3 Å². The Hall–Kier alpha value is -2.08. The van der Waals surface area contributed by atoms with Gasteiger partial charge in [0.15, 0.2) is 5.69 Å². The van der Waals surface area contributed by atoms with Crippen LogP contribution in [0.4, 0.5) is 0 Å². The minimum Gasteiger partial charge on any atom is -0.492 e. The highest BCUT2D eigenvalue weighted by Crippen LogP contribution is 2.27. The zero-order valence-corrected chi connectivity index (χ0v) is 12.8. The van der Waals surface area contributed by atoms with Gasteiger partial charge in [0.2, 0.25) is 0 Å². The molecule has 0 saturated carbocycles. The van der Waals surface area contributed by atoms with E-state index in [0.29, 0.717) is 35.4 Å². The summed E-state index contributed by atoms with van der Waals surface area (Å²) in [5.74, 6) is 0.115. The number of esters is 1. The Balaban J connectivity index is 2.35. The third-order valence-electron chi connectivity index (χ3n) is 2.82. The summed E-state index contributed by atoms with van der Waals surface area (Å²) in [6.07, 6.45) is 0. The van der Waals surface area contributed by atoms with Gasteiger partial charge in [0, 0.05) is 0 Å². The first-order chi connectivity index (χ1) is 10.1. The molecule has 0 amide bonds. The molecule has 2 aromatic rings. The Labute approximate surface area is 127 Å². The van der Waals surface area contributed by atoms with E-state index < -0.39 is 5.97 Å². The third kappa shape index (κ3) is 3.16. The molecule has 6 nitrogen and oxygen atoms in total. The molecule has 0 aliphatic heterocycles. The second kappa shape index (κ2) is 6.58. The molecule has 0 unspecified atom stereocenters. The molecule has 112 valence electrons.